The van der Waals surface area contributed by atoms with E-state index in [1.54, 1.807) is 6.92 Å². The average molecular weight is 238 g/mol. The predicted molar refractivity (Wildman–Crippen MR) is 57.3 cm³/mol. The number of hydrogen-bond donors (Lipinski definition) is 0. The van der Waals surface area contributed by atoms with Gasteiger partial charge in [-0.15, -0.1) is 0 Å². The van der Waals surface area contributed by atoms with Crippen LogP contribution in [0.15, 0.2) is 0 Å². The highest BCUT2D eigenvalue weighted by Crippen LogP contribution is 2.54. The van der Waals surface area contributed by atoms with Crippen LogP contribution in [0.4, 0.5) is 13.2 Å². The van der Waals surface area contributed by atoms with Crippen molar-refractivity contribution in [2.45, 2.75) is 71.3 Å². The Morgan fingerprint density at radius 2 is 1.75 bits per heavy atom. The van der Waals surface area contributed by atoms with E-state index in [9.17, 15) is 13.2 Å². The van der Waals surface area contributed by atoms with Crippen molar-refractivity contribution < 1.29 is 17.9 Å². The van der Waals surface area contributed by atoms with E-state index in [2.05, 4.69) is 0 Å². The van der Waals surface area contributed by atoms with Crippen LogP contribution in [0.1, 0.15) is 53.4 Å². The molecule has 0 amide bonds. The molecule has 1 fully saturated rings. The second kappa shape index (κ2) is 4.21. The van der Waals surface area contributed by atoms with Crippen LogP contribution in [0.2, 0.25) is 0 Å². The molecule has 0 saturated heterocycles. The summed E-state index contributed by atoms with van der Waals surface area (Å²) in [7, 11) is 0. The standard InChI is InChI=1S/C12H21F3O/c1-5-6-10(3,4)9(2)16-11(7-8-11)12(13,14)15/h9H,5-8H2,1-4H3. The van der Waals surface area contributed by atoms with Crippen molar-refractivity contribution in [3.05, 3.63) is 0 Å². The first kappa shape index (κ1) is 13.8. The summed E-state index contributed by atoms with van der Waals surface area (Å²) in [4.78, 5) is 0. The summed E-state index contributed by atoms with van der Waals surface area (Å²) in [6.07, 6.45) is -2.52. The lowest BCUT2D eigenvalue weighted by Gasteiger charge is -2.35. The van der Waals surface area contributed by atoms with Crippen molar-refractivity contribution in [3.8, 4) is 0 Å². The normalized spacial score (nSPS) is 21.9. The Morgan fingerprint density at radius 1 is 1.25 bits per heavy atom. The van der Waals surface area contributed by atoms with Crippen LogP contribution in [0, 0.1) is 5.41 Å². The van der Waals surface area contributed by atoms with Gasteiger partial charge in [-0.1, -0.05) is 27.2 Å². The number of halogens is 3. The third-order valence-corrected chi connectivity index (χ3v) is 3.62. The Labute approximate surface area is 95.4 Å². The summed E-state index contributed by atoms with van der Waals surface area (Å²) in [5, 5.41) is 0. The van der Waals surface area contributed by atoms with Gasteiger partial charge < -0.3 is 4.74 Å². The summed E-state index contributed by atoms with van der Waals surface area (Å²) in [6, 6.07) is 0. The van der Waals surface area contributed by atoms with Gasteiger partial charge in [-0.2, -0.15) is 13.2 Å². The number of rotatable bonds is 5. The smallest absolute Gasteiger partial charge is 0.362 e. The van der Waals surface area contributed by atoms with Crippen LogP contribution in [0.5, 0.6) is 0 Å². The molecular formula is C12H21F3O. The molecule has 0 aliphatic heterocycles. The summed E-state index contributed by atoms with van der Waals surface area (Å²) < 4.78 is 43.4. The molecule has 0 aromatic carbocycles. The van der Waals surface area contributed by atoms with Gasteiger partial charge in [-0.25, -0.2) is 0 Å². The van der Waals surface area contributed by atoms with E-state index >= 15 is 0 Å². The van der Waals surface area contributed by atoms with Gasteiger partial charge in [0.1, 0.15) is 0 Å². The highest BCUT2D eigenvalue weighted by Gasteiger charge is 2.65. The van der Waals surface area contributed by atoms with Gasteiger partial charge in [0.15, 0.2) is 5.60 Å². The van der Waals surface area contributed by atoms with E-state index in [-0.39, 0.29) is 24.4 Å². The maximum Gasteiger partial charge on any atom is 0.417 e. The zero-order valence-electron chi connectivity index (χ0n) is 10.4. The summed E-state index contributed by atoms with van der Waals surface area (Å²) >= 11 is 0. The Kier molecular flexibility index (Phi) is 3.63. The van der Waals surface area contributed by atoms with Crippen molar-refractivity contribution in [2.24, 2.45) is 5.41 Å². The molecule has 1 aliphatic rings. The van der Waals surface area contributed by atoms with Crippen LogP contribution in [0.25, 0.3) is 0 Å². The SMILES string of the molecule is CCCC(C)(C)C(C)OC1(C(F)(F)F)CC1. The van der Waals surface area contributed by atoms with Gasteiger partial charge in [0.2, 0.25) is 0 Å². The zero-order valence-corrected chi connectivity index (χ0v) is 10.4. The van der Waals surface area contributed by atoms with Gasteiger partial charge in [0, 0.05) is 0 Å². The number of ether oxygens (including phenoxy) is 1. The topological polar surface area (TPSA) is 9.23 Å². The third-order valence-electron chi connectivity index (χ3n) is 3.62. The van der Waals surface area contributed by atoms with Gasteiger partial charge in [0.05, 0.1) is 6.10 Å². The van der Waals surface area contributed by atoms with E-state index in [4.69, 9.17) is 4.74 Å². The molecule has 1 nitrogen and oxygen atoms in total. The maximum absolute atomic E-state index is 12.7. The molecule has 0 heterocycles. The molecule has 0 radical (unpaired) electrons. The highest BCUT2D eigenvalue weighted by atomic mass is 19.4. The van der Waals surface area contributed by atoms with Crippen LogP contribution >= 0.6 is 0 Å². The molecule has 0 aromatic heterocycles. The minimum atomic E-state index is -4.22. The number of alkyl halides is 3. The molecule has 1 rings (SSSR count). The highest BCUT2D eigenvalue weighted by molar-refractivity contribution is 5.03. The molecule has 1 saturated carbocycles. The second-order valence-electron chi connectivity index (χ2n) is 5.49. The Bertz CT molecular complexity index is 241. The van der Waals surface area contributed by atoms with Crippen molar-refractivity contribution in [1.29, 1.82) is 0 Å². The first-order valence-electron chi connectivity index (χ1n) is 5.89. The van der Waals surface area contributed by atoms with E-state index in [0.717, 1.165) is 12.8 Å². The molecule has 0 N–H and O–H groups in total. The third kappa shape index (κ3) is 2.70. The monoisotopic (exact) mass is 238 g/mol. The minimum Gasteiger partial charge on any atom is -0.362 e. The average Bonchev–Trinajstić information content (AvgIpc) is 2.83. The maximum atomic E-state index is 12.7. The van der Waals surface area contributed by atoms with Gasteiger partial charge >= 0.3 is 6.18 Å². The molecule has 0 aromatic rings. The van der Waals surface area contributed by atoms with E-state index < -0.39 is 11.8 Å². The Hall–Kier alpha value is -0.250. The lowest BCUT2D eigenvalue weighted by molar-refractivity contribution is -0.257. The van der Waals surface area contributed by atoms with Crippen molar-refractivity contribution in [2.75, 3.05) is 0 Å². The van der Waals surface area contributed by atoms with Crippen LogP contribution in [-0.4, -0.2) is 17.9 Å². The summed E-state index contributed by atoms with van der Waals surface area (Å²) in [5.74, 6) is 0. The zero-order chi connectivity index (χ0) is 12.6. The van der Waals surface area contributed by atoms with Gasteiger partial charge in [0.25, 0.3) is 0 Å². The largest absolute Gasteiger partial charge is 0.417 e. The summed E-state index contributed by atoms with van der Waals surface area (Å²) in [6.45, 7) is 7.72. The van der Waals surface area contributed by atoms with E-state index in [0.29, 0.717) is 0 Å². The van der Waals surface area contributed by atoms with E-state index in [1.807, 2.05) is 20.8 Å². The van der Waals surface area contributed by atoms with Gasteiger partial charge in [-0.05, 0) is 31.6 Å². The van der Waals surface area contributed by atoms with Crippen LogP contribution < -0.4 is 0 Å². The molecule has 1 aliphatic carbocycles. The van der Waals surface area contributed by atoms with Crippen molar-refractivity contribution in [1.82, 2.24) is 0 Å². The molecule has 96 valence electrons. The Balaban J connectivity index is 2.61. The fourth-order valence-corrected chi connectivity index (χ4v) is 1.93. The van der Waals surface area contributed by atoms with Crippen molar-refractivity contribution in [3.63, 3.8) is 0 Å². The Morgan fingerprint density at radius 3 is 2.06 bits per heavy atom. The van der Waals surface area contributed by atoms with E-state index in [1.165, 1.54) is 0 Å². The molecule has 4 heteroatoms. The molecular weight excluding hydrogens is 217 g/mol. The molecule has 1 atom stereocenters. The molecule has 0 bridgehead atoms. The molecule has 1 unspecified atom stereocenters. The fourth-order valence-electron chi connectivity index (χ4n) is 1.93. The van der Waals surface area contributed by atoms with Crippen LogP contribution in [0.3, 0.4) is 0 Å². The molecule has 0 spiro atoms. The summed E-state index contributed by atoms with van der Waals surface area (Å²) in [5.41, 5.74) is -2.03. The van der Waals surface area contributed by atoms with Crippen molar-refractivity contribution >= 4 is 0 Å². The fraction of sp³-hybridized carbons (Fsp3) is 1.00. The molecule has 16 heavy (non-hydrogen) atoms. The van der Waals surface area contributed by atoms with Crippen LogP contribution in [-0.2, 0) is 4.74 Å². The quantitative estimate of drug-likeness (QED) is 0.693. The second-order valence-corrected chi connectivity index (χ2v) is 5.49. The predicted octanol–water partition coefficient (Wildman–Crippen LogP) is 4.31. The first-order valence-corrected chi connectivity index (χ1v) is 5.89. The lowest BCUT2D eigenvalue weighted by atomic mass is 9.83. The van der Waals surface area contributed by atoms with Gasteiger partial charge in [-0.3, -0.25) is 0 Å². The minimum absolute atomic E-state index is 0.114. The lowest BCUT2D eigenvalue weighted by Crippen LogP contribution is -2.41. The number of hydrogen-bond acceptors (Lipinski definition) is 1. The first-order chi connectivity index (χ1) is 7.15.